The van der Waals surface area contributed by atoms with Gasteiger partial charge in [-0.15, -0.1) is 11.3 Å². The fraction of sp³-hybridized carbons (Fsp3) is 0.267. The second-order valence-electron chi connectivity index (χ2n) is 4.97. The number of halogens is 3. The number of hydrogen-bond donors (Lipinski definition) is 2. The number of aromatic nitrogens is 1. The molecule has 0 spiro atoms. The normalized spacial score (nSPS) is 13.6. The van der Waals surface area contributed by atoms with E-state index in [1.807, 2.05) is 5.32 Å². The van der Waals surface area contributed by atoms with Gasteiger partial charge in [0.05, 0.1) is 7.11 Å². The summed E-state index contributed by atoms with van der Waals surface area (Å²) >= 11 is 0.839. The molecule has 0 bridgehead atoms. The third-order valence-electron chi connectivity index (χ3n) is 3.33. The monoisotopic (exact) mass is 373 g/mol. The van der Waals surface area contributed by atoms with Crippen LogP contribution in [0.1, 0.15) is 15.9 Å². The molecule has 1 atom stereocenters. The predicted octanol–water partition coefficient (Wildman–Crippen LogP) is 2.73. The van der Waals surface area contributed by atoms with Gasteiger partial charge in [-0.3, -0.25) is 4.79 Å². The highest BCUT2D eigenvalue weighted by Crippen LogP contribution is 2.34. The van der Waals surface area contributed by atoms with Gasteiger partial charge in [-0.1, -0.05) is 18.2 Å². The summed E-state index contributed by atoms with van der Waals surface area (Å²) in [6, 6.07) is 6.06. The summed E-state index contributed by atoms with van der Waals surface area (Å²) in [5.74, 6) is -2.79. The number of anilines is 1. The van der Waals surface area contributed by atoms with E-state index < -0.39 is 23.7 Å². The molecule has 2 N–H and O–H groups in total. The maximum Gasteiger partial charge on any atom is 0.442 e. The van der Waals surface area contributed by atoms with E-state index in [2.05, 4.69) is 9.72 Å². The third kappa shape index (κ3) is 3.73. The summed E-state index contributed by atoms with van der Waals surface area (Å²) in [6.45, 7) is 1.57. The van der Waals surface area contributed by atoms with Crippen molar-refractivity contribution in [2.24, 2.45) is 0 Å². The number of alkyl halides is 3. The van der Waals surface area contributed by atoms with Crippen molar-refractivity contribution in [1.29, 1.82) is 0 Å². The number of aryl methyl sites for hydroxylation is 1. The van der Waals surface area contributed by atoms with Gasteiger partial charge in [0, 0.05) is 17.1 Å². The van der Waals surface area contributed by atoms with E-state index in [4.69, 9.17) is 0 Å². The fourth-order valence-corrected chi connectivity index (χ4v) is 2.64. The Balaban J connectivity index is 2.48. The second-order valence-corrected chi connectivity index (χ2v) is 5.87. The molecule has 25 heavy (non-hydrogen) atoms. The van der Waals surface area contributed by atoms with Crippen molar-refractivity contribution >= 4 is 28.3 Å². The summed E-state index contributed by atoms with van der Waals surface area (Å²) in [5, 5.41) is 4.91. The van der Waals surface area contributed by atoms with E-state index in [-0.39, 0.29) is 10.7 Å². The van der Waals surface area contributed by atoms with Crippen molar-refractivity contribution in [2.75, 3.05) is 12.4 Å². The molecule has 0 aliphatic rings. The van der Waals surface area contributed by atoms with Crippen LogP contribution in [0, 0.1) is 6.92 Å². The van der Waals surface area contributed by atoms with Gasteiger partial charge in [-0.25, -0.2) is 9.78 Å². The van der Waals surface area contributed by atoms with Gasteiger partial charge < -0.3 is 15.4 Å². The first kappa shape index (κ1) is 18.7. The van der Waals surface area contributed by atoms with Crippen molar-refractivity contribution in [1.82, 2.24) is 10.3 Å². The standard InChI is InChI=1S/C15H14F3N3O3S/c1-9-5-3-4-6-10(9)11(22)20-14(12(23)24-2,15(16,17)18)21-13-19-7-8-25-13/h3-8H,1-2H3,(H,19,21)(H,20,22)/t14-/m0/s1. The number of rotatable bonds is 5. The second kappa shape index (κ2) is 7.09. The first-order chi connectivity index (χ1) is 11.7. The number of nitrogens with one attached hydrogen (secondary N) is 2. The quantitative estimate of drug-likeness (QED) is 0.622. The Morgan fingerprint density at radius 1 is 1.24 bits per heavy atom. The topological polar surface area (TPSA) is 80.3 Å². The van der Waals surface area contributed by atoms with Crippen LogP contribution in [0.2, 0.25) is 0 Å². The zero-order valence-electron chi connectivity index (χ0n) is 13.2. The first-order valence-corrected chi connectivity index (χ1v) is 7.80. The van der Waals surface area contributed by atoms with Gasteiger partial charge in [-0.2, -0.15) is 13.2 Å². The maximum atomic E-state index is 13.8. The molecule has 0 aliphatic heterocycles. The van der Waals surface area contributed by atoms with Gasteiger partial charge in [0.15, 0.2) is 5.13 Å². The average Bonchev–Trinajstić information content (AvgIpc) is 3.05. The molecule has 6 nitrogen and oxygen atoms in total. The number of benzene rings is 1. The molecule has 10 heteroatoms. The summed E-state index contributed by atoms with van der Waals surface area (Å²) in [4.78, 5) is 28.1. The SMILES string of the molecule is COC(=O)[C@](NC(=O)c1ccccc1C)(Nc1nccs1)C(F)(F)F. The summed E-state index contributed by atoms with van der Waals surface area (Å²) in [7, 11) is 0.798. The number of amides is 1. The predicted molar refractivity (Wildman–Crippen MR) is 85.2 cm³/mol. The molecule has 134 valence electrons. The number of esters is 1. The highest BCUT2D eigenvalue weighted by molar-refractivity contribution is 7.13. The minimum atomic E-state index is -5.19. The zero-order valence-corrected chi connectivity index (χ0v) is 14.0. The van der Waals surface area contributed by atoms with E-state index >= 15 is 0 Å². The number of carbonyl (C=O) groups excluding carboxylic acids is 2. The molecule has 0 saturated heterocycles. The molecule has 0 fully saturated rings. The summed E-state index contributed by atoms with van der Waals surface area (Å²) < 4.78 is 45.6. The zero-order chi connectivity index (χ0) is 18.7. The minimum Gasteiger partial charge on any atom is -0.466 e. The number of thiazole rings is 1. The summed E-state index contributed by atoms with van der Waals surface area (Å²) in [6.07, 6.45) is -3.93. The number of methoxy groups -OCH3 is 1. The molecule has 0 radical (unpaired) electrons. The van der Waals surface area contributed by atoms with Crippen molar-refractivity contribution in [3.8, 4) is 0 Å². The van der Waals surface area contributed by atoms with Crippen LogP contribution in [0.5, 0.6) is 0 Å². The van der Waals surface area contributed by atoms with Gasteiger partial charge >= 0.3 is 17.8 Å². The van der Waals surface area contributed by atoms with Crippen LogP contribution in [-0.4, -0.2) is 35.8 Å². The van der Waals surface area contributed by atoms with Crippen LogP contribution in [0.15, 0.2) is 35.8 Å². The van der Waals surface area contributed by atoms with Crippen LogP contribution in [0.4, 0.5) is 18.3 Å². The van der Waals surface area contributed by atoms with Crippen molar-refractivity contribution in [2.45, 2.75) is 18.8 Å². The van der Waals surface area contributed by atoms with E-state index in [9.17, 15) is 22.8 Å². The molecule has 1 aromatic carbocycles. The minimum absolute atomic E-state index is 0.000895. The van der Waals surface area contributed by atoms with Gasteiger partial charge in [0.1, 0.15) is 0 Å². The lowest BCUT2D eigenvalue weighted by molar-refractivity contribution is -0.203. The smallest absolute Gasteiger partial charge is 0.442 e. The Labute approximate surface area is 145 Å². The van der Waals surface area contributed by atoms with Gasteiger partial charge in [0.25, 0.3) is 5.91 Å². The molecular formula is C15H14F3N3O3S. The number of hydrogen-bond acceptors (Lipinski definition) is 6. The number of ether oxygens (including phenoxy) is 1. The van der Waals surface area contributed by atoms with Crippen LogP contribution in [0.25, 0.3) is 0 Å². The highest BCUT2D eigenvalue weighted by Gasteiger charge is 2.64. The Bertz CT molecular complexity index is 765. The lowest BCUT2D eigenvalue weighted by atomic mass is 10.1. The number of nitrogens with zero attached hydrogens (tertiary/aromatic N) is 1. The molecule has 1 heterocycles. The Morgan fingerprint density at radius 3 is 2.44 bits per heavy atom. The molecule has 2 aromatic rings. The Kier molecular flexibility index (Phi) is 5.31. The van der Waals surface area contributed by atoms with Crippen LogP contribution in [-0.2, 0) is 9.53 Å². The molecule has 1 aromatic heterocycles. The summed E-state index contributed by atoms with van der Waals surface area (Å²) in [5.41, 5.74) is -3.02. The van der Waals surface area contributed by atoms with Crippen molar-refractivity contribution < 1.29 is 27.5 Å². The molecular weight excluding hydrogens is 359 g/mol. The Morgan fingerprint density at radius 2 is 1.92 bits per heavy atom. The first-order valence-electron chi connectivity index (χ1n) is 6.92. The van der Waals surface area contributed by atoms with Crippen molar-refractivity contribution in [3.63, 3.8) is 0 Å². The molecule has 0 saturated carbocycles. The van der Waals surface area contributed by atoms with E-state index in [0.29, 0.717) is 5.56 Å². The van der Waals surface area contributed by atoms with Gasteiger partial charge in [-0.05, 0) is 18.6 Å². The van der Waals surface area contributed by atoms with Crippen LogP contribution in [0.3, 0.4) is 0 Å². The van der Waals surface area contributed by atoms with E-state index in [1.165, 1.54) is 23.7 Å². The van der Waals surface area contributed by atoms with Gasteiger partial charge in [0.2, 0.25) is 0 Å². The van der Waals surface area contributed by atoms with E-state index in [1.54, 1.807) is 24.4 Å². The molecule has 0 aliphatic carbocycles. The molecule has 2 rings (SSSR count). The number of carbonyl (C=O) groups is 2. The average molecular weight is 373 g/mol. The van der Waals surface area contributed by atoms with Crippen LogP contribution < -0.4 is 10.6 Å². The maximum absolute atomic E-state index is 13.8. The van der Waals surface area contributed by atoms with Crippen LogP contribution >= 0.6 is 11.3 Å². The Hall–Kier alpha value is -2.62. The van der Waals surface area contributed by atoms with E-state index in [0.717, 1.165) is 18.4 Å². The fourth-order valence-electron chi connectivity index (χ4n) is 2.05. The van der Waals surface area contributed by atoms with Crippen molar-refractivity contribution in [3.05, 3.63) is 47.0 Å². The highest BCUT2D eigenvalue weighted by atomic mass is 32.1. The lowest BCUT2D eigenvalue weighted by Crippen LogP contribution is -2.69. The molecule has 1 amide bonds. The largest absolute Gasteiger partial charge is 0.466 e. The third-order valence-corrected chi connectivity index (χ3v) is 4.02. The lowest BCUT2D eigenvalue weighted by Gasteiger charge is -2.34. The molecule has 0 unspecified atom stereocenters.